The number of halogens is 1. The highest BCUT2D eigenvalue weighted by Gasteiger charge is 2.15. The quantitative estimate of drug-likeness (QED) is 0.891. The summed E-state index contributed by atoms with van der Waals surface area (Å²) < 4.78 is 13.0. The molecule has 2 nitrogen and oxygen atoms in total. The molecule has 0 saturated carbocycles. The summed E-state index contributed by atoms with van der Waals surface area (Å²) >= 11 is 1.66. The highest BCUT2D eigenvalue weighted by molar-refractivity contribution is 7.09. The first-order chi connectivity index (χ1) is 9.06. The van der Waals surface area contributed by atoms with E-state index in [0.717, 1.165) is 22.8 Å². The number of hydrogen-bond donors (Lipinski definition) is 1. The standard InChI is InChI=1S/C15H19FN2S/c1-10(2)15(12-4-6-13(16)7-5-12)17-8-14-9-19-11(3)18-14/h4-7,9-10,15,17H,8H2,1-3H3. The van der Waals surface area contributed by atoms with Gasteiger partial charge in [0, 0.05) is 18.0 Å². The number of aromatic nitrogens is 1. The molecule has 4 heteroatoms. The topological polar surface area (TPSA) is 24.9 Å². The zero-order chi connectivity index (χ0) is 13.8. The highest BCUT2D eigenvalue weighted by atomic mass is 32.1. The van der Waals surface area contributed by atoms with Crippen LogP contribution in [0.2, 0.25) is 0 Å². The van der Waals surface area contributed by atoms with Crippen LogP contribution in [0.1, 0.15) is 36.2 Å². The minimum absolute atomic E-state index is 0.193. The number of aryl methyl sites for hydroxylation is 1. The fourth-order valence-electron chi connectivity index (χ4n) is 2.11. The van der Waals surface area contributed by atoms with Crippen molar-refractivity contribution < 1.29 is 4.39 Å². The number of hydrogen-bond acceptors (Lipinski definition) is 3. The third-order valence-corrected chi connectivity index (χ3v) is 3.89. The molecular formula is C15H19FN2S. The number of nitrogens with one attached hydrogen (secondary N) is 1. The largest absolute Gasteiger partial charge is 0.304 e. The van der Waals surface area contributed by atoms with Crippen molar-refractivity contribution in [3.8, 4) is 0 Å². The van der Waals surface area contributed by atoms with Gasteiger partial charge in [0.15, 0.2) is 0 Å². The van der Waals surface area contributed by atoms with E-state index in [9.17, 15) is 4.39 Å². The second-order valence-electron chi connectivity index (χ2n) is 5.01. The molecule has 1 aromatic heterocycles. The van der Waals surface area contributed by atoms with Crippen molar-refractivity contribution in [2.75, 3.05) is 0 Å². The van der Waals surface area contributed by atoms with Gasteiger partial charge in [0.05, 0.1) is 10.7 Å². The first-order valence-electron chi connectivity index (χ1n) is 6.46. The van der Waals surface area contributed by atoms with Crippen LogP contribution in [-0.4, -0.2) is 4.98 Å². The Morgan fingerprint density at radius 2 is 1.95 bits per heavy atom. The van der Waals surface area contributed by atoms with Gasteiger partial charge in [0.1, 0.15) is 5.82 Å². The lowest BCUT2D eigenvalue weighted by molar-refractivity contribution is 0.408. The lowest BCUT2D eigenvalue weighted by atomic mass is 9.96. The minimum atomic E-state index is -0.193. The van der Waals surface area contributed by atoms with E-state index >= 15 is 0 Å². The smallest absolute Gasteiger partial charge is 0.123 e. The Morgan fingerprint density at radius 1 is 1.26 bits per heavy atom. The number of thiazole rings is 1. The summed E-state index contributed by atoms with van der Waals surface area (Å²) in [5, 5.41) is 6.66. The average Bonchev–Trinajstić information content (AvgIpc) is 2.77. The number of rotatable bonds is 5. The van der Waals surface area contributed by atoms with E-state index in [-0.39, 0.29) is 11.9 Å². The molecule has 0 aliphatic carbocycles. The summed E-state index contributed by atoms with van der Waals surface area (Å²) in [5.41, 5.74) is 2.18. The molecule has 1 aromatic carbocycles. The summed E-state index contributed by atoms with van der Waals surface area (Å²) in [6, 6.07) is 6.93. The highest BCUT2D eigenvalue weighted by Crippen LogP contribution is 2.22. The van der Waals surface area contributed by atoms with Gasteiger partial charge in [-0.3, -0.25) is 0 Å². The van der Waals surface area contributed by atoms with Crippen LogP contribution < -0.4 is 5.32 Å². The van der Waals surface area contributed by atoms with E-state index in [4.69, 9.17) is 0 Å². The molecule has 0 saturated heterocycles. The fourth-order valence-corrected chi connectivity index (χ4v) is 2.73. The first kappa shape index (κ1) is 14.2. The lowest BCUT2D eigenvalue weighted by Crippen LogP contribution is -2.25. The summed E-state index contributed by atoms with van der Waals surface area (Å²) in [5.74, 6) is 0.242. The Balaban J connectivity index is 2.06. The molecule has 0 aliphatic heterocycles. The van der Waals surface area contributed by atoms with Gasteiger partial charge in [-0.2, -0.15) is 0 Å². The average molecular weight is 278 g/mol. The van der Waals surface area contributed by atoms with E-state index in [0.29, 0.717) is 5.92 Å². The van der Waals surface area contributed by atoms with Crippen molar-refractivity contribution in [3.63, 3.8) is 0 Å². The van der Waals surface area contributed by atoms with Gasteiger partial charge in [-0.1, -0.05) is 26.0 Å². The van der Waals surface area contributed by atoms with Gasteiger partial charge in [0.2, 0.25) is 0 Å². The predicted molar refractivity (Wildman–Crippen MR) is 77.7 cm³/mol. The van der Waals surface area contributed by atoms with E-state index in [1.54, 1.807) is 11.3 Å². The maximum atomic E-state index is 13.0. The van der Waals surface area contributed by atoms with Crippen molar-refractivity contribution >= 4 is 11.3 Å². The molecule has 0 aliphatic rings. The summed E-state index contributed by atoms with van der Waals surface area (Å²) in [7, 11) is 0. The molecule has 0 amide bonds. The van der Waals surface area contributed by atoms with Crippen molar-refractivity contribution in [1.29, 1.82) is 0 Å². The third kappa shape index (κ3) is 3.85. The molecule has 1 N–H and O–H groups in total. The molecular weight excluding hydrogens is 259 g/mol. The van der Waals surface area contributed by atoms with Crippen LogP contribution >= 0.6 is 11.3 Å². The van der Waals surface area contributed by atoms with Gasteiger partial charge in [-0.15, -0.1) is 11.3 Å². The Labute approximate surface area is 117 Å². The summed E-state index contributed by atoms with van der Waals surface area (Å²) in [6.07, 6.45) is 0. The maximum absolute atomic E-state index is 13.0. The van der Waals surface area contributed by atoms with Crippen LogP contribution in [0.3, 0.4) is 0 Å². The zero-order valence-electron chi connectivity index (χ0n) is 11.5. The molecule has 2 aromatic rings. The van der Waals surface area contributed by atoms with Crippen LogP contribution in [0.25, 0.3) is 0 Å². The number of nitrogens with zero attached hydrogens (tertiary/aromatic N) is 1. The SMILES string of the molecule is Cc1nc(CNC(c2ccc(F)cc2)C(C)C)cs1. The molecule has 102 valence electrons. The Bertz CT molecular complexity index is 519. The molecule has 1 atom stereocenters. The Morgan fingerprint density at radius 3 is 2.47 bits per heavy atom. The molecule has 19 heavy (non-hydrogen) atoms. The van der Waals surface area contributed by atoms with Gasteiger partial charge in [-0.05, 0) is 30.5 Å². The van der Waals surface area contributed by atoms with Crippen LogP contribution in [0.4, 0.5) is 4.39 Å². The molecule has 0 spiro atoms. The molecule has 0 fully saturated rings. The molecule has 1 heterocycles. The van der Waals surface area contributed by atoms with E-state index < -0.39 is 0 Å². The van der Waals surface area contributed by atoms with Crippen LogP contribution in [-0.2, 0) is 6.54 Å². The van der Waals surface area contributed by atoms with Gasteiger partial charge < -0.3 is 5.32 Å². The molecule has 2 rings (SSSR count). The van der Waals surface area contributed by atoms with Crippen molar-refractivity contribution in [2.24, 2.45) is 5.92 Å². The van der Waals surface area contributed by atoms with Gasteiger partial charge >= 0.3 is 0 Å². The van der Waals surface area contributed by atoms with Crippen LogP contribution in [0, 0.1) is 18.7 Å². The third-order valence-electron chi connectivity index (χ3n) is 3.07. The van der Waals surface area contributed by atoms with E-state index in [1.165, 1.54) is 12.1 Å². The van der Waals surface area contributed by atoms with Crippen molar-refractivity contribution in [1.82, 2.24) is 10.3 Å². The lowest BCUT2D eigenvalue weighted by Gasteiger charge is -2.22. The zero-order valence-corrected chi connectivity index (χ0v) is 12.3. The van der Waals surface area contributed by atoms with E-state index in [2.05, 4.69) is 29.5 Å². The first-order valence-corrected chi connectivity index (χ1v) is 7.34. The van der Waals surface area contributed by atoms with Crippen LogP contribution in [0.15, 0.2) is 29.6 Å². The Hall–Kier alpha value is -1.26. The molecule has 1 unspecified atom stereocenters. The normalized spacial score (nSPS) is 12.9. The monoisotopic (exact) mass is 278 g/mol. The van der Waals surface area contributed by atoms with E-state index in [1.807, 2.05) is 19.1 Å². The van der Waals surface area contributed by atoms with Gasteiger partial charge in [0.25, 0.3) is 0 Å². The molecule has 0 bridgehead atoms. The minimum Gasteiger partial charge on any atom is -0.304 e. The van der Waals surface area contributed by atoms with Gasteiger partial charge in [-0.25, -0.2) is 9.37 Å². The summed E-state index contributed by atoms with van der Waals surface area (Å²) in [4.78, 5) is 4.45. The summed E-state index contributed by atoms with van der Waals surface area (Å²) in [6.45, 7) is 7.07. The fraction of sp³-hybridized carbons (Fsp3) is 0.400. The number of benzene rings is 1. The van der Waals surface area contributed by atoms with Crippen LogP contribution in [0.5, 0.6) is 0 Å². The van der Waals surface area contributed by atoms with Crippen molar-refractivity contribution in [3.05, 3.63) is 51.7 Å². The predicted octanol–water partition coefficient (Wildman–Crippen LogP) is 4.08. The second-order valence-corrected chi connectivity index (χ2v) is 6.07. The molecule has 0 radical (unpaired) electrons. The van der Waals surface area contributed by atoms with Crippen molar-refractivity contribution in [2.45, 2.75) is 33.4 Å². The maximum Gasteiger partial charge on any atom is 0.123 e. The second kappa shape index (κ2) is 6.26. The Kier molecular flexibility index (Phi) is 4.66.